The van der Waals surface area contributed by atoms with Gasteiger partial charge in [0, 0.05) is 29.4 Å². The fourth-order valence-electron chi connectivity index (χ4n) is 3.48. The first-order valence-electron chi connectivity index (χ1n) is 9.55. The summed E-state index contributed by atoms with van der Waals surface area (Å²) in [6.07, 6.45) is 0. The number of aromatic nitrogens is 1. The van der Waals surface area contributed by atoms with Gasteiger partial charge in [0.25, 0.3) is 5.91 Å². The molecule has 0 aliphatic rings. The van der Waals surface area contributed by atoms with E-state index in [9.17, 15) is 9.18 Å². The second-order valence-corrected chi connectivity index (χ2v) is 7.27. The minimum atomic E-state index is -0.292. The Kier molecular flexibility index (Phi) is 8.34. The third kappa shape index (κ3) is 5.13. The lowest BCUT2D eigenvalue weighted by Gasteiger charge is -2.14. The van der Waals surface area contributed by atoms with E-state index >= 15 is 0 Å². The predicted octanol–water partition coefficient (Wildman–Crippen LogP) is 5.33. The minimum absolute atomic E-state index is 0. The van der Waals surface area contributed by atoms with Gasteiger partial charge < -0.3 is 10.2 Å². The highest BCUT2D eigenvalue weighted by Crippen LogP contribution is 2.33. The number of likely N-dealkylation sites (N-methyl/N-ethyl adjacent to an activating group) is 1. The van der Waals surface area contributed by atoms with Crippen molar-refractivity contribution in [2.45, 2.75) is 0 Å². The largest absolute Gasteiger partial charge is 0.351 e. The number of fused-ring (bicyclic) bond motifs is 3. The molecular weight excluding hydrogens is 436 g/mol. The zero-order valence-electron chi connectivity index (χ0n) is 17.3. The van der Waals surface area contributed by atoms with Crippen LogP contribution in [0, 0.1) is 5.82 Å². The van der Waals surface area contributed by atoms with Crippen LogP contribution in [-0.2, 0) is 0 Å². The molecule has 3 aromatic carbocycles. The highest BCUT2D eigenvalue weighted by atomic mass is 35.5. The summed E-state index contributed by atoms with van der Waals surface area (Å²) in [6.45, 7) is 1.31. The van der Waals surface area contributed by atoms with Gasteiger partial charge in [-0.3, -0.25) is 4.79 Å². The summed E-state index contributed by atoms with van der Waals surface area (Å²) in [5.74, 6) is -0.440. The molecule has 31 heavy (non-hydrogen) atoms. The first-order valence-corrected chi connectivity index (χ1v) is 9.55. The molecule has 4 nitrogen and oxygen atoms in total. The van der Waals surface area contributed by atoms with Crippen LogP contribution >= 0.6 is 24.8 Å². The number of halogens is 3. The van der Waals surface area contributed by atoms with Crippen LogP contribution < -0.4 is 5.32 Å². The average molecular weight is 460 g/mol. The van der Waals surface area contributed by atoms with Crippen LogP contribution in [0.2, 0.25) is 0 Å². The number of para-hydroxylation sites is 1. The Balaban J connectivity index is 0.00000171. The zero-order valence-corrected chi connectivity index (χ0v) is 18.9. The molecule has 1 amide bonds. The number of rotatable bonds is 5. The first kappa shape index (κ1) is 24.5. The van der Waals surface area contributed by atoms with Crippen LogP contribution in [0.3, 0.4) is 0 Å². The molecule has 0 unspecified atom stereocenters. The van der Waals surface area contributed by atoms with Gasteiger partial charge in [-0.15, -0.1) is 24.8 Å². The molecule has 0 saturated carbocycles. The summed E-state index contributed by atoms with van der Waals surface area (Å²) in [6, 6.07) is 19.9. The average Bonchev–Trinajstić information content (AvgIpc) is 2.73. The number of hydrogen-bond acceptors (Lipinski definition) is 3. The Morgan fingerprint density at radius 3 is 2.23 bits per heavy atom. The number of carbonyl (C=O) groups excluding carboxylic acids is 1. The van der Waals surface area contributed by atoms with E-state index in [1.54, 1.807) is 18.2 Å². The summed E-state index contributed by atoms with van der Waals surface area (Å²) in [5.41, 5.74) is 2.73. The monoisotopic (exact) mass is 459 g/mol. The summed E-state index contributed by atoms with van der Waals surface area (Å²) in [5, 5.41) is 5.87. The van der Waals surface area contributed by atoms with E-state index in [-0.39, 0.29) is 36.5 Å². The van der Waals surface area contributed by atoms with Crippen LogP contribution in [0.4, 0.5) is 4.39 Å². The lowest BCUT2D eigenvalue weighted by molar-refractivity contribution is 0.0952. The van der Waals surface area contributed by atoms with Gasteiger partial charge in [0.15, 0.2) is 0 Å². The molecule has 4 rings (SSSR count). The quantitative estimate of drug-likeness (QED) is 0.410. The van der Waals surface area contributed by atoms with E-state index < -0.39 is 0 Å². The number of amides is 1. The van der Waals surface area contributed by atoms with Crippen LogP contribution in [0.25, 0.3) is 32.9 Å². The molecule has 0 fully saturated rings. The van der Waals surface area contributed by atoms with Crippen molar-refractivity contribution in [3.8, 4) is 11.3 Å². The molecule has 0 bridgehead atoms. The smallest absolute Gasteiger partial charge is 0.253 e. The number of benzene rings is 3. The van der Waals surface area contributed by atoms with E-state index in [0.29, 0.717) is 17.6 Å². The van der Waals surface area contributed by atoms with Crippen LogP contribution in [0.5, 0.6) is 0 Å². The summed E-state index contributed by atoms with van der Waals surface area (Å²) in [7, 11) is 3.93. The van der Waals surface area contributed by atoms with Gasteiger partial charge in [-0.05, 0) is 49.8 Å². The summed E-state index contributed by atoms with van der Waals surface area (Å²) >= 11 is 0. The van der Waals surface area contributed by atoms with E-state index in [4.69, 9.17) is 4.98 Å². The Morgan fingerprint density at radius 1 is 0.903 bits per heavy atom. The Labute approximate surface area is 193 Å². The normalized spacial score (nSPS) is 10.6. The molecule has 1 heterocycles. The molecular formula is C24H24Cl2FN3O. The van der Waals surface area contributed by atoms with Crippen molar-refractivity contribution in [2.75, 3.05) is 27.2 Å². The van der Waals surface area contributed by atoms with E-state index in [0.717, 1.165) is 34.0 Å². The van der Waals surface area contributed by atoms with Crippen molar-refractivity contribution < 1.29 is 9.18 Å². The van der Waals surface area contributed by atoms with Gasteiger partial charge in [0.1, 0.15) is 5.82 Å². The molecule has 4 aromatic rings. The van der Waals surface area contributed by atoms with Gasteiger partial charge in [-0.2, -0.15) is 0 Å². The third-order valence-corrected chi connectivity index (χ3v) is 4.94. The van der Waals surface area contributed by atoms with Gasteiger partial charge >= 0.3 is 0 Å². The predicted molar refractivity (Wildman–Crippen MR) is 130 cm³/mol. The van der Waals surface area contributed by atoms with Gasteiger partial charge in [0.05, 0.1) is 16.8 Å². The van der Waals surface area contributed by atoms with Crippen molar-refractivity contribution >= 4 is 52.4 Å². The van der Waals surface area contributed by atoms with Crippen molar-refractivity contribution in [1.29, 1.82) is 0 Å². The van der Waals surface area contributed by atoms with E-state index in [1.165, 1.54) is 12.1 Å². The fourth-order valence-corrected chi connectivity index (χ4v) is 3.48. The first-order chi connectivity index (χ1) is 14.0. The van der Waals surface area contributed by atoms with Gasteiger partial charge in [-0.1, -0.05) is 36.4 Å². The van der Waals surface area contributed by atoms with Crippen LogP contribution in [0.15, 0.2) is 66.7 Å². The number of nitrogens with zero attached hydrogens (tertiary/aromatic N) is 2. The zero-order chi connectivity index (χ0) is 20.4. The molecule has 0 aliphatic carbocycles. The SMILES string of the molecule is CN(C)CCNC(=O)c1cccc2c1nc(-c1ccc(F)cc1)c1ccccc12.Cl.Cl. The Morgan fingerprint density at radius 2 is 1.55 bits per heavy atom. The number of nitrogens with one attached hydrogen (secondary N) is 1. The van der Waals surface area contributed by atoms with E-state index in [1.807, 2.05) is 55.4 Å². The topological polar surface area (TPSA) is 45.2 Å². The van der Waals surface area contributed by atoms with Gasteiger partial charge in [0.2, 0.25) is 0 Å². The Bertz CT molecular complexity index is 1200. The molecule has 7 heteroatoms. The third-order valence-electron chi connectivity index (χ3n) is 4.94. The number of carbonyl (C=O) groups is 1. The molecule has 162 valence electrons. The van der Waals surface area contributed by atoms with E-state index in [2.05, 4.69) is 5.32 Å². The maximum atomic E-state index is 13.4. The minimum Gasteiger partial charge on any atom is -0.351 e. The molecule has 0 saturated heterocycles. The van der Waals surface area contributed by atoms with Crippen LogP contribution in [-0.4, -0.2) is 43.0 Å². The fraction of sp³-hybridized carbons (Fsp3) is 0.167. The van der Waals surface area contributed by atoms with Crippen molar-refractivity contribution in [3.05, 3.63) is 78.1 Å². The molecule has 1 aromatic heterocycles. The molecule has 1 N–H and O–H groups in total. The second kappa shape index (κ2) is 10.5. The van der Waals surface area contributed by atoms with Crippen molar-refractivity contribution in [2.24, 2.45) is 0 Å². The standard InChI is InChI=1S/C24H22FN3O.2ClH/c1-28(2)15-14-26-24(29)21-9-5-8-20-18-6-3-4-7-19(18)22(27-23(20)21)16-10-12-17(25)13-11-16;;/h3-13H,14-15H2,1-2H3,(H,26,29);2*1H. The highest BCUT2D eigenvalue weighted by Gasteiger charge is 2.16. The summed E-state index contributed by atoms with van der Waals surface area (Å²) < 4.78 is 13.4. The molecule has 0 radical (unpaired) electrons. The Hall–Kier alpha value is -2.73. The number of pyridine rings is 1. The maximum absolute atomic E-state index is 13.4. The second-order valence-electron chi connectivity index (χ2n) is 7.27. The lowest BCUT2D eigenvalue weighted by atomic mass is 9.98. The van der Waals surface area contributed by atoms with Crippen LogP contribution in [0.1, 0.15) is 10.4 Å². The summed E-state index contributed by atoms with van der Waals surface area (Å²) in [4.78, 5) is 19.7. The maximum Gasteiger partial charge on any atom is 0.253 e. The molecule has 0 spiro atoms. The van der Waals surface area contributed by atoms with Crippen molar-refractivity contribution in [1.82, 2.24) is 15.2 Å². The molecule has 0 aliphatic heterocycles. The lowest BCUT2D eigenvalue weighted by Crippen LogP contribution is -2.31. The van der Waals surface area contributed by atoms with Gasteiger partial charge in [-0.25, -0.2) is 9.37 Å². The van der Waals surface area contributed by atoms with Crippen molar-refractivity contribution in [3.63, 3.8) is 0 Å². The number of hydrogen-bond donors (Lipinski definition) is 1. The highest BCUT2D eigenvalue weighted by molar-refractivity contribution is 6.16. The molecule has 0 atom stereocenters.